The molecule has 0 radical (unpaired) electrons. The summed E-state index contributed by atoms with van der Waals surface area (Å²) in [6, 6.07) is 7.89. The SMILES string of the molecule is CC(=O)c1ccc(NC(=O)c2cncc(O)c2)cc1. The Morgan fingerprint density at radius 1 is 1.11 bits per heavy atom. The summed E-state index contributed by atoms with van der Waals surface area (Å²) in [6.07, 6.45) is 2.61. The van der Waals surface area contributed by atoms with E-state index in [0.29, 0.717) is 11.3 Å². The number of aromatic nitrogens is 1. The zero-order chi connectivity index (χ0) is 13.8. The summed E-state index contributed by atoms with van der Waals surface area (Å²) in [5.41, 5.74) is 1.41. The molecule has 1 aromatic heterocycles. The van der Waals surface area contributed by atoms with Crippen molar-refractivity contribution in [1.29, 1.82) is 0 Å². The topological polar surface area (TPSA) is 79.3 Å². The standard InChI is InChI=1S/C14H12N2O3/c1-9(17)10-2-4-12(5-3-10)16-14(19)11-6-13(18)8-15-7-11/h2-8,18H,1H3,(H,16,19). The van der Waals surface area contributed by atoms with Crippen molar-refractivity contribution in [3.8, 4) is 5.75 Å². The molecule has 0 bridgehead atoms. The van der Waals surface area contributed by atoms with Gasteiger partial charge in [0, 0.05) is 17.4 Å². The van der Waals surface area contributed by atoms with E-state index in [2.05, 4.69) is 10.3 Å². The van der Waals surface area contributed by atoms with Crippen molar-refractivity contribution >= 4 is 17.4 Å². The Morgan fingerprint density at radius 3 is 2.37 bits per heavy atom. The minimum absolute atomic E-state index is 0.0324. The maximum Gasteiger partial charge on any atom is 0.257 e. The first kappa shape index (κ1) is 12.8. The van der Waals surface area contributed by atoms with Crippen LogP contribution in [0.2, 0.25) is 0 Å². The summed E-state index contributed by atoms with van der Waals surface area (Å²) in [6.45, 7) is 1.48. The Kier molecular flexibility index (Phi) is 3.56. The van der Waals surface area contributed by atoms with Crippen molar-refractivity contribution in [2.75, 3.05) is 5.32 Å². The molecule has 19 heavy (non-hydrogen) atoms. The number of amides is 1. The second kappa shape index (κ2) is 5.30. The van der Waals surface area contributed by atoms with Gasteiger partial charge in [0.25, 0.3) is 5.91 Å². The van der Waals surface area contributed by atoms with Crippen LogP contribution in [-0.4, -0.2) is 21.8 Å². The molecule has 0 aliphatic carbocycles. The number of Topliss-reactive ketones (excluding diaryl/α,β-unsaturated/α-hetero) is 1. The highest BCUT2D eigenvalue weighted by atomic mass is 16.3. The third-order valence-electron chi connectivity index (χ3n) is 2.54. The number of benzene rings is 1. The predicted molar refractivity (Wildman–Crippen MR) is 70.3 cm³/mol. The minimum Gasteiger partial charge on any atom is -0.506 e. The highest BCUT2D eigenvalue weighted by Gasteiger charge is 2.07. The molecule has 5 heteroatoms. The lowest BCUT2D eigenvalue weighted by molar-refractivity contribution is 0.101. The summed E-state index contributed by atoms with van der Waals surface area (Å²) in [5.74, 6) is -0.478. The van der Waals surface area contributed by atoms with Gasteiger partial charge in [0.2, 0.25) is 0 Å². The van der Waals surface area contributed by atoms with Crippen LogP contribution in [0.3, 0.4) is 0 Å². The molecule has 0 aliphatic heterocycles. The van der Waals surface area contributed by atoms with Crippen molar-refractivity contribution in [1.82, 2.24) is 4.98 Å². The first-order chi connectivity index (χ1) is 9.06. The van der Waals surface area contributed by atoms with Crippen molar-refractivity contribution < 1.29 is 14.7 Å². The van der Waals surface area contributed by atoms with E-state index in [1.807, 2.05) is 0 Å². The van der Waals surface area contributed by atoms with Crippen LogP contribution in [0.4, 0.5) is 5.69 Å². The Labute approximate surface area is 109 Å². The first-order valence-corrected chi connectivity index (χ1v) is 5.62. The van der Waals surface area contributed by atoms with Crippen LogP contribution < -0.4 is 5.32 Å². The molecule has 0 saturated carbocycles. The highest BCUT2D eigenvalue weighted by Crippen LogP contribution is 2.13. The van der Waals surface area contributed by atoms with E-state index < -0.39 is 0 Å². The van der Waals surface area contributed by atoms with E-state index >= 15 is 0 Å². The molecule has 0 unspecified atom stereocenters. The summed E-state index contributed by atoms with van der Waals surface area (Å²) in [7, 11) is 0. The lowest BCUT2D eigenvalue weighted by Gasteiger charge is -2.05. The molecule has 2 N–H and O–H groups in total. The lowest BCUT2D eigenvalue weighted by Crippen LogP contribution is -2.12. The van der Waals surface area contributed by atoms with E-state index in [9.17, 15) is 14.7 Å². The highest BCUT2D eigenvalue weighted by molar-refractivity contribution is 6.04. The van der Waals surface area contributed by atoms with Gasteiger partial charge in [0.15, 0.2) is 5.78 Å². The van der Waals surface area contributed by atoms with E-state index in [-0.39, 0.29) is 23.0 Å². The fraction of sp³-hybridized carbons (Fsp3) is 0.0714. The molecule has 1 aromatic carbocycles. The average molecular weight is 256 g/mol. The number of nitrogens with one attached hydrogen (secondary N) is 1. The molecule has 1 amide bonds. The van der Waals surface area contributed by atoms with Gasteiger partial charge in [0.1, 0.15) is 5.75 Å². The third-order valence-corrected chi connectivity index (χ3v) is 2.54. The molecular formula is C14H12N2O3. The second-order valence-corrected chi connectivity index (χ2v) is 4.02. The van der Waals surface area contributed by atoms with Crippen LogP contribution in [0.1, 0.15) is 27.6 Å². The fourth-order valence-electron chi connectivity index (χ4n) is 1.54. The average Bonchev–Trinajstić information content (AvgIpc) is 2.39. The van der Waals surface area contributed by atoms with Crippen LogP contribution in [0, 0.1) is 0 Å². The molecule has 2 rings (SSSR count). The van der Waals surface area contributed by atoms with E-state index in [4.69, 9.17) is 0 Å². The van der Waals surface area contributed by atoms with Gasteiger partial charge in [0.05, 0.1) is 11.8 Å². The van der Waals surface area contributed by atoms with E-state index in [1.54, 1.807) is 24.3 Å². The van der Waals surface area contributed by atoms with Gasteiger partial charge < -0.3 is 10.4 Å². The molecule has 0 spiro atoms. The Bertz CT molecular complexity index is 621. The number of hydrogen-bond acceptors (Lipinski definition) is 4. The van der Waals surface area contributed by atoms with Gasteiger partial charge in [-0.1, -0.05) is 0 Å². The van der Waals surface area contributed by atoms with Gasteiger partial charge in [-0.05, 0) is 37.3 Å². The quantitative estimate of drug-likeness (QED) is 0.825. The third kappa shape index (κ3) is 3.16. The van der Waals surface area contributed by atoms with E-state index in [0.717, 1.165) is 0 Å². The van der Waals surface area contributed by atoms with Crippen LogP contribution in [-0.2, 0) is 0 Å². The number of aromatic hydroxyl groups is 1. The zero-order valence-corrected chi connectivity index (χ0v) is 10.3. The Hall–Kier alpha value is -2.69. The zero-order valence-electron chi connectivity index (χ0n) is 10.3. The van der Waals surface area contributed by atoms with Gasteiger partial charge in [-0.25, -0.2) is 0 Å². The number of anilines is 1. The van der Waals surface area contributed by atoms with Crippen LogP contribution in [0.5, 0.6) is 5.75 Å². The molecule has 0 atom stereocenters. The van der Waals surface area contributed by atoms with Crippen molar-refractivity contribution in [2.24, 2.45) is 0 Å². The van der Waals surface area contributed by atoms with Crippen LogP contribution >= 0.6 is 0 Å². The monoisotopic (exact) mass is 256 g/mol. The lowest BCUT2D eigenvalue weighted by atomic mass is 10.1. The second-order valence-electron chi connectivity index (χ2n) is 4.02. The summed E-state index contributed by atoms with van der Waals surface area (Å²) < 4.78 is 0. The number of pyridine rings is 1. The van der Waals surface area contributed by atoms with Crippen molar-refractivity contribution in [3.63, 3.8) is 0 Å². The molecule has 96 valence electrons. The molecule has 1 heterocycles. The number of rotatable bonds is 3. The summed E-state index contributed by atoms with van der Waals surface area (Å²) >= 11 is 0. The molecule has 0 saturated heterocycles. The smallest absolute Gasteiger partial charge is 0.257 e. The molecular weight excluding hydrogens is 244 g/mol. The summed E-state index contributed by atoms with van der Waals surface area (Å²) in [5, 5.41) is 11.9. The van der Waals surface area contributed by atoms with Gasteiger partial charge in [-0.15, -0.1) is 0 Å². The fourth-order valence-corrected chi connectivity index (χ4v) is 1.54. The predicted octanol–water partition coefficient (Wildman–Crippen LogP) is 2.24. The molecule has 5 nitrogen and oxygen atoms in total. The largest absolute Gasteiger partial charge is 0.506 e. The number of ketones is 1. The Morgan fingerprint density at radius 2 is 1.79 bits per heavy atom. The Balaban J connectivity index is 2.13. The van der Waals surface area contributed by atoms with Gasteiger partial charge in [-0.2, -0.15) is 0 Å². The molecule has 2 aromatic rings. The van der Waals surface area contributed by atoms with Crippen LogP contribution in [0.25, 0.3) is 0 Å². The van der Waals surface area contributed by atoms with Crippen molar-refractivity contribution in [3.05, 3.63) is 53.9 Å². The first-order valence-electron chi connectivity index (χ1n) is 5.62. The number of carbonyl (C=O) groups is 2. The van der Waals surface area contributed by atoms with Crippen molar-refractivity contribution in [2.45, 2.75) is 6.92 Å². The summed E-state index contributed by atoms with van der Waals surface area (Å²) in [4.78, 5) is 26.7. The van der Waals surface area contributed by atoms with E-state index in [1.165, 1.54) is 25.4 Å². The van der Waals surface area contributed by atoms with Gasteiger partial charge >= 0.3 is 0 Å². The number of carbonyl (C=O) groups excluding carboxylic acids is 2. The molecule has 0 fully saturated rings. The van der Waals surface area contributed by atoms with Crippen LogP contribution in [0.15, 0.2) is 42.7 Å². The maximum atomic E-state index is 11.9. The number of nitrogens with zero attached hydrogens (tertiary/aromatic N) is 1. The molecule has 0 aliphatic rings. The number of hydrogen-bond donors (Lipinski definition) is 2. The minimum atomic E-state index is -0.376. The maximum absolute atomic E-state index is 11.9. The van der Waals surface area contributed by atoms with Gasteiger partial charge in [-0.3, -0.25) is 14.6 Å². The normalized spacial score (nSPS) is 9.95.